The Morgan fingerprint density at radius 2 is 2.14 bits per heavy atom. The van der Waals surface area contributed by atoms with E-state index in [1.807, 2.05) is 51.1 Å². The zero-order chi connectivity index (χ0) is 20.4. The second-order valence-corrected chi connectivity index (χ2v) is 7.91. The number of hydrogen-bond acceptors (Lipinski definition) is 7. The second-order valence-electron chi connectivity index (χ2n) is 6.68. The number of ether oxygens (including phenoxy) is 1. The maximum atomic E-state index is 12.5. The predicted molar refractivity (Wildman–Crippen MR) is 110 cm³/mol. The largest absolute Gasteiger partial charge is 0.484 e. The highest BCUT2D eigenvalue weighted by Crippen LogP contribution is 2.26. The zero-order valence-corrected chi connectivity index (χ0v) is 17.1. The van der Waals surface area contributed by atoms with Gasteiger partial charge in [-0.2, -0.15) is 0 Å². The lowest BCUT2D eigenvalue weighted by molar-refractivity contribution is 0.0934. The van der Waals surface area contributed by atoms with E-state index in [1.165, 1.54) is 6.26 Å². The molecule has 1 atom stereocenters. The molecule has 4 aromatic rings. The summed E-state index contributed by atoms with van der Waals surface area (Å²) in [4.78, 5) is 25.5. The van der Waals surface area contributed by atoms with Crippen molar-refractivity contribution in [1.29, 1.82) is 0 Å². The Balaban J connectivity index is 1.38. The molecule has 1 amide bonds. The third-order valence-corrected chi connectivity index (χ3v) is 5.37. The summed E-state index contributed by atoms with van der Waals surface area (Å²) in [6.45, 7) is 5.94. The minimum absolute atomic E-state index is 0.122. The van der Waals surface area contributed by atoms with E-state index in [2.05, 4.69) is 20.3 Å². The summed E-state index contributed by atoms with van der Waals surface area (Å²) in [5, 5.41) is 3.90. The summed E-state index contributed by atoms with van der Waals surface area (Å²) < 4.78 is 12.2. The molecule has 0 radical (unpaired) electrons. The number of fused-ring (bicyclic) bond motifs is 1. The number of rotatable bonds is 6. The molecular formula is C21H20N4O3S. The predicted octanol–water partition coefficient (Wildman–Crippen LogP) is 4.37. The molecule has 0 saturated carbocycles. The van der Waals surface area contributed by atoms with Crippen LogP contribution in [0.15, 0.2) is 47.2 Å². The molecule has 1 N–H and O–H groups in total. The minimum atomic E-state index is -0.322. The van der Waals surface area contributed by atoms with Crippen molar-refractivity contribution in [3.63, 3.8) is 0 Å². The van der Waals surface area contributed by atoms with E-state index in [9.17, 15) is 4.79 Å². The first kappa shape index (κ1) is 19.1. The molecule has 0 bridgehead atoms. The first-order valence-electron chi connectivity index (χ1n) is 9.16. The van der Waals surface area contributed by atoms with Gasteiger partial charge in [0.2, 0.25) is 5.89 Å². The number of aryl methyl sites for hydroxylation is 2. The normalized spacial score (nSPS) is 12.1. The molecule has 0 saturated heterocycles. The van der Waals surface area contributed by atoms with Crippen LogP contribution in [-0.4, -0.2) is 20.9 Å². The summed E-state index contributed by atoms with van der Waals surface area (Å²) in [5.74, 6) is 0.676. The average Bonchev–Trinajstić information content (AvgIpc) is 3.31. The molecule has 4 rings (SSSR count). The van der Waals surface area contributed by atoms with Crippen molar-refractivity contribution in [1.82, 2.24) is 20.3 Å². The van der Waals surface area contributed by atoms with Gasteiger partial charge in [0.25, 0.3) is 5.91 Å². The Morgan fingerprint density at radius 1 is 1.28 bits per heavy atom. The highest BCUT2D eigenvalue weighted by Gasteiger charge is 2.17. The Bertz CT molecular complexity index is 1170. The summed E-state index contributed by atoms with van der Waals surface area (Å²) in [5.41, 5.74) is 2.94. The van der Waals surface area contributed by atoms with Gasteiger partial charge in [-0.15, -0.1) is 11.3 Å². The van der Waals surface area contributed by atoms with Gasteiger partial charge in [0, 0.05) is 12.3 Å². The van der Waals surface area contributed by atoms with E-state index in [-0.39, 0.29) is 24.2 Å². The van der Waals surface area contributed by atoms with Crippen LogP contribution in [0.4, 0.5) is 0 Å². The molecule has 8 heteroatoms. The highest BCUT2D eigenvalue weighted by molar-refractivity contribution is 7.18. The second kappa shape index (κ2) is 8.00. The number of thiazole rings is 1. The number of benzene rings is 1. The van der Waals surface area contributed by atoms with Crippen LogP contribution in [-0.2, 0) is 6.61 Å². The Kier molecular flexibility index (Phi) is 5.26. The molecular weight excluding hydrogens is 388 g/mol. The number of nitrogens with one attached hydrogen (secondary N) is 1. The summed E-state index contributed by atoms with van der Waals surface area (Å²) in [7, 11) is 0. The lowest BCUT2D eigenvalue weighted by atomic mass is 10.1. The fourth-order valence-corrected chi connectivity index (χ4v) is 3.84. The zero-order valence-electron chi connectivity index (χ0n) is 16.3. The van der Waals surface area contributed by atoms with Gasteiger partial charge in [-0.1, -0.05) is 6.07 Å². The third kappa shape index (κ3) is 4.27. The maximum absolute atomic E-state index is 12.5. The maximum Gasteiger partial charge on any atom is 0.273 e. The van der Waals surface area contributed by atoms with Crippen LogP contribution in [0.5, 0.6) is 5.75 Å². The van der Waals surface area contributed by atoms with Crippen LogP contribution in [0.25, 0.3) is 10.2 Å². The number of carbonyl (C=O) groups excluding carboxylic acids is 1. The van der Waals surface area contributed by atoms with Gasteiger partial charge < -0.3 is 14.5 Å². The lowest BCUT2D eigenvalue weighted by Gasteiger charge is -2.14. The monoisotopic (exact) mass is 408 g/mol. The van der Waals surface area contributed by atoms with Crippen LogP contribution in [0, 0.1) is 13.8 Å². The number of amides is 1. The fraction of sp³-hybridized carbons (Fsp3) is 0.238. The van der Waals surface area contributed by atoms with Crippen LogP contribution in [0.3, 0.4) is 0 Å². The number of oxazole rings is 1. The van der Waals surface area contributed by atoms with Crippen LogP contribution >= 0.6 is 11.3 Å². The number of pyridine rings is 1. The van der Waals surface area contributed by atoms with Crippen LogP contribution in [0.1, 0.15) is 45.6 Å². The molecule has 0 aliphatic heterocycles. The van der Waals surface area contributed by atoms with Crippen molar-refractivity contribution in [2.24, 2.45) is 0 Å². The summed E-state index contributed by atoms with van der Waals surface area (Å²) in [6.07, 6.45) is 3.04. The van der Waals surface area contributed by atoms with E-state index in [1.54, 1.807) is 17.5 Å². The molecule has 3 heterocycles. The molecule has 148 valence electrons. The molecule has 0 spiro atoms. The van der Waals surface area contributed by atoms with Crippen molar-refractivity contribution in [3.8, 4) is 5.75 Å². The van der Waals surface area contributed by atoms with Crippen molar-refractivity contribution >= 4 is 27.5 Å². The number of aromatic nitrogens is 3. The average molecular weight is 408 g/mol. The quantitative estimate of drug-likeness (QED) is 0.510. The Labute approximate surface area is 171 Å². The van der Waals surface area contributed by atoms with Crippen LogP contribution < -0.4 is 10.1 Å². The number of nitrogens with zero attached hydrogens (tertiary/aromatic N) is 3. The summed E-state index contributed by atoms with van der Waals surface area (Å²) in [6, 6.07) is 9.32. The van der Waals surface area contributed by atoms with Gasteiger partial charge in [0.1, 0.15) is 12.0 Å². The molecule has 0 fully saturated rings. The van der Waals surface area contributed by atoms with E-state index < -0.39 is 0 Å². The molecule has 0 aliphatic carbocycles. The van der Waals surface area contributed by atoms with Crippen molar-refractivity contribution in [2.45, 2.75) is 33.4 Å². The molecule has 3 aromatic heterocycles. The van der Waals surface area contributed by atoms with Crippen molar-refractivity contribution in [3.05, 3.63) is 70.6 Å². The lowest BCUT2D eigenvalue weighted by Crippen LogP contribution is -2.28. The van der Waals surface area contributed by atoms with E-state index >= 15 is 0 Å². The molecule has 1 aromatic carbocycles. The van der Waals surface area contributed by atoms with Gasteiger partial charge in [0.05, 0.1) is 27.0 Å². The highest BCUT2D eigenvalue weighted by atomic mass is 32.1. The van der Waals surface area contributed by atoms with Crippen molar-refractivity contribution in [2.75, 3.05) is 0 Å². The van der Waals surface area contributed by atoms with E-state index in [0.29, 0.717) is 11.6 Å². The molecule has 29 heavy (non-hydrogen) atoms. The molecule has 0 aliphatic rings. The SMILES string of the molecule is Cc1nc2cc(OCc3nc(C(=O)N[C@H](C)c4ncccc4C)co3)ccc2s1. The van der Waals surface area contributed by atoms with E-state index in [4.69, 9.17) is 9.15 Å². The number of carbonyl (C=O) groups is 1. The van der Waals surface area contributed by atoms with Gasteiger partial charge in [-0.3, -0.25) is 9.78 Å². The van der Waals surface area contributed by atoms with E-state index in [0.717, 1.165) is 26.5 Å². The smallest absolute Gasteiger partial charge is 0.273 e. The van der Waals surface area contributed by atoms with Gasteiger partial charge in [-0.05, 0) is 44.5 Å². The van der Waals surface area contributed by atoms with Crippen LogP contribution in [0.2, 0.25) is 0 Å². The van der Waals surface area contributed by atoms with Gasteiger partial charge in [0.15, 0.2) is 12.3 Å². The van der Waals surface area contributed by atoms with Gasteiger partial charge >= 0.3 is 0 Å². The Morgan fingerprint density at radius 3 is 2.97 bits per heavy atom. The fourth-order valence-electron chi connectivity index (χ4n) is 3.03. The first-order valence-corrected chi connectivity index (χ1v) is 9.98. The van der Waals surface area contributed by atoms with Crippen molar-refractivity contribution < 1.29 is 13.9 Å². The van der Waals surface area contributed by atoms with Gasteiger partial charge in [-0.25, -0.2) is 9.97 Å². The third-order valence-electron chi connectivity index (χ3n) is 4.42. The topological polar surface area (TPSA) is 90.1 Å². The molecule has 7 nitrogen and oxygen atoms in total. The molecule has 0 unspecified atom stereocenters. The minimum Gasteiger partial charge on any atom is -0.484 e. The Hall–Kier alpha value is -3.26. The standard InChI is InChI=1S/C21H20N4O3S/c1-12-5-4-8-22-20(12)13(2)23-21(26)17-10-28-19(25-17)11-27-15-6-7-18-16(9-15)24-14(3)29-18/h4-10,13H,11H2,1-3H3,(H,23,26)/t13-/m1/s1. The summed E-state index contributed by atoms with van der Waals surface area (Å²) >= 11 is 1.64. The first-order chi connectivity index (χ1) is 14.0. The number of hydrogen-bond donors (Lipinski definition) is 1.